The quantitative estimate of drug-likeness (QED) is 0.558. The number of hydrogen-bond donors (Lipinski definition) is 1. The third-order valence-electron chi connectivity index (χ3n) is 2.21. The summed E-state index contributed by atoms with van der Waals surface area (Å²) in [4.78, 5) is 10.8. The molecule has 0 bridgehead atoms. The molecule has 2 aliphatic heterocycles. The summed E-state index contributed by atoms with van der Waals surface area (Å²) in [5.41, 5.74) is 0. The average molecular weight is 188 g/mol. The topological polar surface area (TPSA) is 65.0 Å². The lowest BCUT2D eigenvalue weighted by molar-refractivity contribution is -0.234. The third-order valence-corrected chi connectivity index (χ3v) is 2.21. The van der Waals surface area contributed by atoms with E-state index in [4.69, 9.17) is 14.2 Å². The van der Waals surface area contributed by atoms with Crippen LogP contribution in [0.15, 0.2) is 0 Å². The van der Waals surface area contributed by atoms with Crippen LogP contribution in [0.5, 0.6) is 0 Å². The highest BCUT2D eigenvalue weighted by molar-refractivity contribution is 5.63. The summed E-state index contributed by atoms with van der Waals surface area (Å²) in [5.74, 6) is -2.28. The van der Waals surface area contributed by atoms with E-state index in [0.29, 0.717) is 6.29 Å². The van der Waals surface area contributed by atoms with E-state index in [1.54, 1.807) is 13.8 Å². The fourth-order valence-corrected chi connectivity index (χ4v) is 1.74. The molecule has 5 heteroatoms. The molecule has 13 heavy (non-hydrogen) atoms. The van der Waals surface area contributed by atoms with Gasteiger partial charge in [0, 0.05) is 0 Å². The number of rotatable bonds is 1. The van der Waals surface area contributed by atoms with Gasteiger partial charge in [-0.3, -0.25) is 4.79 Å². The van der Waals surface area contributed by atoms with E-state index in [9.17, 15) is 9.90 Å². The average Bonchev–Trinajstić information content (AvgIpc) is 2.47. The van der Waals surface area contributed by atoms with Crippen LogP contribution >= 0.6 is 0 Å². The van der Waals surface area contributed by atoms with Gasteiger partial charge < -0.3 is 19.3 Å². The first-order valence-electron chi connectivity index (χ1n) is 4.15. The highest BCUT2D eigenvalue weighted by atomic mass is 16.9. The Morgan fingerprint density at radius 2 is 2.23 bits per heavy atom. The summed E-state index contributed by atoms with van der Waals surface area (Å²) in [6.07, 6.45) is -0.963. The molecule has 2 heterocycles. The van der Waals surface area contributed by atoms with Crippen molar-refractivity contribution in [3.8, 4) is 0 Å². The van der Waals surface area contributed by atoms with Crippen molar-refractivity contribution in [1.82, 2.24) is 0 Å². The van der Waals surface area contributed by atoms with Crippen molar-refractivity contribution >= 4 is 6.29 Å². The Morgan fingerprint density at radius 1 is 1.54 bits per heavy atom. The van der Waals surface area contributed by atoms with Crippen LogP contribution in [0.25, 0.3) is 0 Å². The maximum atomic E-state index is 10.8. The van der Waals surface area contributed by atoms with Crippen LogP contribution in [0.2, 0.25) is 0 Å². The highest BCUT2D eigenvalue weighted by Crippen LogP contribution is 2.41. The Hall–Kier alpha value is -0.490. The van der Waals surface area contributed by atoms with Crippen molar-refractivity contribution in [2.24, 2.45) is 0 Å². The minimum absolute atomic E-state index is 0.0689. The SMILES string of the molecule is CC1(C)O[C@H]2[C@H](O)CO[C@@]2(C=O)O1. The van der Waals surface area contributed by atoms with Crippen LogP contribution in [0, 0.1) is 0 Å². The Labute approximate surface area is 75.6 Å². The maximum Gasteiger partial charge on any atom is 0.258 e. The van der Waals surface area contributed by atoms with Gasteiger partial charge in [-0.2, -0.15) is 0 Å². The molecule has 74 valence electrons. The number of ether oxygens (including phenoxy) is 3. The second kappa shape index (κ2) is 2.51. The van der Waals surface area contributed by atoms with Gasteiger partial charge in [0.2, 0.25) is 0 Å². The lowest BCUT2D eigenvalue weighted by atomic mass is 10.1. The first-order chi connectivity index (χ1) is 5.99. The predicted molar refractivity (Wildman–Crippen MR) is 40.8 cm³/mol. The van der Waals surface area contributed by atoms with E-state index in [0.717, 1.165) is 0 Å². The van der Waals surface area contributed by atoms with Crippen molar-refractivity contribution in [2.75, 3.05) is 6.61 Å². The van der Waals surface area contributed by atoms with Gasteiger partial charge in [0.25, 0.3) is 5.79 Å². The highest BCUT2D eigenvalue weighted by Gasteiger charge is 2.61. The van der Waals surface area contributed by atoms with Crippen molar-refractivity contribution < 1.29 is 24.1 Å². The molecule has 3 atom stereocenters. The van der Waals surface area contributed by atoms with E-state index >= 15 is 0 Å². The molecule has 0 aromatic heterocycles. The molecule has 0 unspecified atom stereocenters. The second-order valence-electron chi connectivity index (χ2n) is 3.76. The molecule has 2 rings (SSSR count). The molecule has 0 aliphatic carbocycles. The van der Waals surface area contributed by atoms with E-state index in [-0.39, 0.29) is 6.61 Å². The maximum absolute atomic E-state index is 10.8. The largest absolute Gasteiger partial charge is 0.388 e. The van der Waals surface area contributed by atoms with Crippen LogP contribution in [-0.2, 0) is 19.0 Å². The molecule has 5 nitrogen and oxygen atoms in total. The van der Waals surface area contributed by atoms with Gasteiger partial charge in [0.1, 0.15) is 6.10 Å². The second-order valence-corrected chi connectivity index (χ2v) is 3.76. The standard InChI is InChI=1S/C8H12O5/c1-7(2)12-6-5(10)3-11-8(6,4-9)13-7/h4-6,10H,3H2,1-2H3/t5-,6+,8+/m1/s1. The monoisotopic (exact) mass is 188 g/mol. The van der Waals surface area contributed by atoms with E-state index < -0.39 is 23.8 Å². The number of carbonyl (C=O) groups is 1. The molecule has 2 saturated heterocycles. The van der Waals surface area contributed by atoms with E-state index in [1.807, 2.05) is 0 Å². The molecule has 2 aliphatic rings. The third kappa shape index (κ3) is 1.20. The minimum Gasteiger partial charge on any atom is -0.388 e. The van der Waals surface area contributed by atoms with Crippen LogP contribution in [-0.4, -0.2) is 41.8 Å². The molecule has 0 aromatic carbocycles. The van der Waals surface area contributed by atoms with E-state index in [1.165, 1.54) is 0 Å². The normalized spacial score (nSPS) is 47.6. The lowest BCUT2D eigenvalue weighted by Crippen LogP contribution is -2.42. The molecule has 1 N–H and O–H groups in total. The summed E-state index contributed by atoms with van der Waals surface area (Å²) in [7, 11) is 0. The number of carbonyl (C=O) groups excluding carboxylic acids is 1. The Bertz CT molecular complexity index is 239. The van der Waals surface area contributed by atoms with Gasteiger partial charge in [-0.15, -0.1) is 0 Å². The zero-order chi connectivity index (χ0) is 9.69. The van der Waals surface area contributed by atoms with Crippen molar-refractivity contribution in [1.29, 1.82) is 0 Å². The smallest absolute Gasteiger partial charge is 0.258 e. The van der Waals surface area contributed by atoms with Crippen LogP contribution in [0.4, 0.5) is 0 Å². The molecule has 0 spiro atoms. The van der Waals surface area contributed by atoms with Crippen LogP contribution in [0.3, 0.4) is 0 Å². The van der Waals surface area contributed by atoms with Gasteiger partial charge >= 0.3 is 0 Å². The molecule has 0 aromatic rings. The van der Waals surface area contributed by atoms with Crippen molar-refractivity contribution in [2.45, 2.75) is 37.6 Å². The Balaban J connectivity index is 2.29. The molecule has 0 saturated carbocycles. The summed E-state index contributed by atoms with van der Waals surface area (Å²) < 4.78 is 15.8. The molecular weight excluding hydrogens is 176 g/mol. The first-order valence-corrected chi connectivity index (χ1v) is 4.15. The van der Waals surface area contributed by atoms with Crippen LogP contribution < -0.4 is 0 Å². The van der Waals surface area contributed by atoms with Crippen LogP contribution in [0.1, 0.15) is 13.8 Å². The van der Waals surface area contributed by atoms with E-state index in [2.05, 4.69) is 0 Å². The van der Waals surface area contributed by atoms with Gasteiger partial charge in [-0.25, -0.2) is 0 Å². The van der Waals surface area contributed by atoms with Gasteiger partial charge in [-0.05, 0) is 13.8 Å². The Kier molecular flexibility index (Phi) is 1.75. The number of hydrogen-bond acceptors (Lipinski definition) is 5. The number of aliphatic hydroxyl groups is 1. The molecule has 0 amide bonds. The van der Waals surface area contributed by atoms with Gasteiger partial charge in [-0.1, -0.05) is 0 Å². The summed E-state index contributed by atoms with van der Waals surface area (Å²) in [6.45, 7) is 3.42. The fraction of sp³-hybridized carbons (Fsp3) is 0.875. The number of aldehydes is 1. The zero-order valence-corrected chi connectivity index (χ0v) is 7.52. The minimum atomic E-state index is -1.40. The van der Waals surface area contributed by atoms with Gasteiger partial charge in [0.15, 0.2) is 18.2 Å². The lowest BCUT2D eigenvalue weighted by Gasteiger charge is -2.21. The molecular formula is C8H12O5. The van der Waals surface area contributed by atoms with Gasteiger partial charge in [0.05, 0.1) is 6.61 Å². The summed E-state index contributed by atoms with van der Waals surface area (Å²) >= 11 is 0. The van der Waals surface area contributed by atoms with Crippen molar-refractivity contribution in [3.05, 3.63) is 0 Å². The number of aliphatic hydroxyl groups excluding tert-OH is 1. The predicted octanol–water partition coefficient (Wildman–Crippen LogP) is -0.576. The summed E-state index contributed by atoms with van der Waals surface area (Å²) in [5, 5.41) is 9.44. The molecule has 0 radical (unpaired) electrons. The van der Waals surface area contributed by atoms with Crippen molar-refractivity contribution in [3.63, 3.8) is 0 Å². The number of fused-ring (bicyclic) bond motifs is 1. The molecule has 2 fully saturated rings. The zero-order valence-electron chi connectivity index (χ0n) is 7.52. The Morgan fingerprint density at radius 3 is 2.77 bits per heavy atom. The summed E-state index contributed by atoms with van der Waals surface area (Å²) in [6, 6.07) is 0. The first kappa shape index (κ1) is 9.08. The fourth-order valence-electron chi connectivity index (χ4n) is 1.74.